The molecule has 1 unspecified atom stereocenters. The second-order valence-electron chi connectivity index (χ2n) is 6.73. The molecule has 24 heavy (non-hydrogen) atoms. The van der Waals surface area contributed by atoms with E-state index in [2.05, 4.69) is 34.2 Å². The quantitative estimate of drug-likeness (QED) is 0.585. The zero-order valence-corrected chi connectivity index (χ0v) is 13.3. The van der Waals surface area contributed by atoms with Crippen LogP contribution in [0.3, 0.4) is 0 Å². The number of fused-ring (bicyclic) bond motifs is 5. The van der Waals surface area contributed by atoms with Crippen LogP contribution in [0.1, 0.15) is 23.2 Å². The van der Waals surface area contributed by atoms with Crippen molar-refractivity contribution in [3.8, 4) is 0 Å². The van der Waals surface area contributed by atoms with Gasteiger partial charge in [0.05, 0.1) is 17.3 Å². The third-order valence-corrected chi connectivity index (χ3v) is 5.20. The highest BCUT2D eigenvalue weighted by molar-refractivity contribution is 6.09. The lowest BCUT2D eigenvalue weighted by Crippen LogP contribution is -2.25. The van der Waals surface area contributed by atoms with Crippen LogP contribution in [-0.4, -0.2) is 15.1 Å². The van der Waals surface area contributed by atoms with Crippen LogP contribution in [0, 0.1) is 0 Å². The fourth-order valence-corrected chi connectivity index (χ4v) is 4.13. The molecule has 3 nitrogen and oxygen atoms in total. The molecule has 118 valence electrons. The number of hydrogen-bond acceptors (Lipinski definition) is 2. The number of benzene rings is 2. The van der Waals surface area contributed by atoms with E-state index in [1.165, 1.54) is 5.39 Å². The third-order valence-electron chi connectivity index (χ3n) is 5.20. The van der Waals surface area contributed by atoms with Crippen molar-refractivity contribution in [2.75, 3.05) is 0 Å². The van der Waals surface area contributed by atoms with Crippen molar-refractivity contribution in [3.63, 3.8) is 0 Å². The minimum atomic E-state index is -0.853. The van der Waals surface area contributed by atoms with Gasteiger partial charge in [-0.1, -0.05) is 48.5 Å². The molecular weight excluding hydrogens is 296 g/mol. The Kier molecular flexibility index (Phi) is 2.82. The molecular formula is C21H18N2O. The number of aliphatic hydroxyl groups is 1. The Morgan fingerprint density at radius 2 is 1.79 bits per heavy atom. The smallest absolute Gasteiger partial charge is 0.0964 e. The van der Waals surface area contributed by atoms with Gasteiger partial charge in [0.25, 0.3) is 0 Å². The molecule has 2 aromatic heterocycles. The van der Waals surface area contributed by atoms with Crippen LogP contribution >= 0.6 is 0 Å². The van der Waals surface area contributed by atoms with Gasteiger partial charge in [-0.05, 0) is 24.5 Å². The Hall–Kier alpha value is -2.65. The van der Waals surface area contributed by atoms with Crippen molar-refractivity contribution in [3.05, 3.63) is 77.6 Å². The highest BCUT2D eigenvalue weighted by Crippen LogP contribution is 2.44. The van der Waals surface area contributed by atoms with E-state index in [1.54, 1.807) is 0 Å². The maximum atomic E-state index is 11.5. The van der Waals surface area contributed by atoms with Crippen molar-refractivity contribution in [2.24, 2.45) is 0 Å². The molecule has 0 aliphatic heterocycles. The van der Waals surface area contributed by atoms with Crippen LogP contribution in [0.15, 0.2) is 60.8 Å². The maximum Gasteiger partial charge on any atom is 0.0964 e. The molecule has 0 fully saturated rings. The summed E-state index contributed by atoms with van der Waals surface area (Å²) in [5.41, 5.74) is 4.45. The first-order valence-corrected chi connectivity index (χ1v) is 8.40. The highest BCUT2D eigenvalue weighted by atomic mass is 16.3. The van der Waals surface area contributed by atoms with Crippen LogP contribution in [0.2, 0.25) is 0 Å². The lowest BCUT2D eigenvalue weighted by molar-refractivity contribution is 0.0403. The summed E-state index contributed by atoms with van der Waals surface area (Å²) in [5.74, 6) is 0. The molecule has 1 aliphatic carbocycles. The van der Waals surface area contributed by atoms with Gasteiger partial charge in [-0.3, -0.25) is 4.98 Å². The molecule has 2 N–H and O–H groups in total. The molecule has 0 amide bonds. The topological polar surface area (TPSA) is 48.9 Å². The molecule has 0 spiro atoms. The second kappa shape index (κ2) is 4.92. The molecule has 0 saturated heterocycles. The Labute approximate surface area is 140 Å². The summed E-state index contributed by atoms with van der Waals surface area (Å²) in [5, 5.41) is 13.8. The first-order chi connectivity index (χ1) is 11.7. The number of nitrogens with zero attached hydrogens (tertiary/aromatic N) is 1. The molecule has 5 rings (SSSR count). The van der Waals surface area contributed by atoms with Crippen LogP contribution in [0.25, 0.3) is 21.8 Å². The van der Waals surface area contributed by atoms with E-state index in [1.807, 2.05) is 36.5 Å². The Bertz CT molecular complexity index is 1050. The molecule has 0 radical (unpaired) electrons. The number of para-hydroxylation sites is 1. The van der Waals surface area contributed by atoms with Gasteiger partial charge in [0, 0.05) is 34.0 Å². The molecule has 2 aromatic carbocycles. The zero-order valence-electron chi connectivity index (χ0n) is 13.3. The first-order valence-electron chi connectivity index (χ1n) is 8.40. The number of hydrogen-bond donors (Lipinski definition) is 2. The van der Waals surface area contributed by atoms with Crippen LogP contribution < -0.4 is 0 Å². The van der Waals surface area contributed by atoms with Crippen LogP contribution in [0.4, 0.5) is 0 Å². The van der Waals surface area contributed by atoms with E-state index in [9.17, 15) is 5.11 Å². The summed E-state index contributed by atoms with van der Waals surface area (Å²) in [4.78, 5) is 8.06. The van der Waals surface area contributed by atoms with Gasteiger partial charge in [-0.15, -0.1) is 0 Å². The summed E-state index contributed by atoms with van der Waals surface area (Å²) in [7, 11) is 0. The number of aromatic amines is 1. The fraction of sp³-hybridized carbons (Fsp3) is 0.190. The van der Waals surface area contributed by atoms with Crippen LogP contribution in [-0.2, 0) is 18.4 Å². The fourth-order valence-electron chi connectivity index (χ4n) is 4.13. The number of aryl methyl sites for hydroxylation is 1. The van der Waals surface area contributed by atoms with E-state index in [-0.39, 0.29) is 0 Å². The van der Waals surface area contributed by atoms with E-state index in [0.717, 1.165) is 46.1 Å². The minimum Gasteiger partial charge on any atom is -0.385 e. The number of pyridine rings is 1. The van der Waals surface area contributed by atoms with Crippen molar-refractivity contribution in [1.82, 2.24) is 9.97 Å². The zero-order chi connectivity index (χ0) is 16.1. The average Bonchev–Trinajstić information content (AvgIpc) is 3.14. The van der Waals surface area contributed by atoms with Crippen molar-refractivity contribution in [2.45, 2.75) is 24.9 Å². The van der Waals surface area contributed by atoms with Crippen molar-refractivity contribution >= 4 is 21.8 Å². The molecule has 1 aliphatic rings. The third kappa shape index (κ3) is 1.91. The summed E-state index contributed by atoms with van der Waals surface area (Å²) >= 11 is 0. The lowest BCUT2D eigenvalue weighted by Gasteiger charge is -2.25. The van der Waals surface area contributed by atoms with E-state index < -0.39 is 5.60 Å². The molecule has 0 saturated carbocycles. The van der Waals surface area contributed by atoms with Gasteiger partial charge in [0.2, 0.25) is 0 Å². The monoisotopic (exact) mass is 314 g/mol. The number of rotatable bonds is 2. The lowest BCUT2D eigenvalue weighted by atomic mass is 9.87. The second-order valence-corrected chi connectivity index (χ2v) is 6.73. The van der Waals surface area contributed by atoms with Gasteiger partial charge in [0.1, 0.15) is 0 Å². The largest absolute Gasteiger partial charge is 0.385 e. The van der Waals surface area contributed by atoms with Gasteiger partial charge in [0.15, 0.2) is 0 Å². The summed E-state index contributed by atoms with van der Waals surface area (Å²) < 4.78 is 0. The van der Waals surface area contributed by atoms with E-state index in [0.29, 0.717) is 6.42 Å². The predicted molar refractivity (Wildman–Crippen MR) is 96.0 cm³/mol. The maximum absolute atomic E-state index is 11.5. The number of nitrogens with one attached hydrogen (secondary N) is 1. The molecule has 4 aromatic rings. The summed E-state index contributed by atoms with van der Waals surface area (Å²) in [6.07, 6.45) is 4.08. The molecule has 3 heteroatoms. The Balaban J connectivity index is 1.77. The van der Waals surface area contributed by atoms with E-state index in [4.69, 9.17) is 0 Å². The molecule has 0 bridgehead atoms. The first kappa shape index (κ1) is 13.8. The van der Waals surface area contributed by atoms with Crippen LogP contribution in [0.5, 0.6) is 0 Å². The van der Waals surface area contributed by atoms with Gasteiger partial charge >= 0.3 is 0 Å². The summed E-state index contributed by atoms with van der Waals surface area (Å²) in [6.45, 7) is 0. The SMILES string of the molecule is OC1(Cc2ccccc2)CCc2ncc3[nH]c4ccccc4c3c21. The molecule has 1 atom stereocenters. The highest BCUT2D eigenvalue weighted by Gasteiger charge is 2.40. The number of H-pyrrole nitrogens is 1. The van der Waals surface area contributed by atoms with Gasteiger partial charge in [-0.2, -0.15) is 0 Å². The number of aromatic nitrogens is 2. The predicted octanol–water partition coefficient (Wildman–Crippen LogP) is 4.09. The van der Waals surface area contributed by atoms with Gasteiger partial charge in [-0.25, -0.2) is 0 Å². The van der Waals surface area contributed by atoms with Gasteiger partial charge < -0.3 is 10.1 Å². The summed E-state index contributed by atoms with van der Waals surface area (Å²) in [6, 6.07) is 18.5. The Morgan fingerprint density at radius 3 is 2.67 bits per heavy atom. The molecule has 2 heterocycles. The average molecular weight is 314 g/mol. The van der Waals surface area contributed by atoms with Crippen molar-refractivity contribution in [1.29, 1.82) is 0 Å². The van der Waals surface area contributed by atoms with E-state index >= 15 is 0 Å². The Morgan fingerprint density at radius 1 is 1.00 bits per heavy atom. The minimum absolute atomic E-state index is 0.626. The van der Waals surface area contributed by atoms with Crippen molar-refractivity contribution < 1.29 is 5.11 Å². The normalized spacial score (nSPS) is 19.9. The standard InChI is InChI=1S/C21H18N2O/c24-21(12-14-6-2-1-3-7-14)11-10-17-20(21)19-15-8-4-5-9-16(15)23-18(19)13-22-17/h1-9,13,23-24H,10-12H2.